The van der Waals surface area contributed by atoms with Crippen LogP contribution >= 0.6 is 0 Å². The number of hydrogen-bond acceptors (Lipinski definition) is 4. The minimum atomic E-state index is -0.427. The molecule has 2 amide bonds. The van der Waals surface area contributed by atoms with E-state index in [9.17, 15) is 9.59 Å². The first-order chi connectivity index (χ1) is 11.4. The number of nitrogens with zero attached hydrogens (tertiary/aromatic N) is 3. The molecule has 1 saturated heterocycles. The number of amides is 2. The van der Waals surface area contributed by atoms with Gasteiger partial charge in [-0.1, -0.05) is 0 Å². The van der Waals surface area contributed by atoms with Gasteiger partial charge >= 0.3 is 0 Å². The number of ether oxygens (including phenoxy) is 1. The summed E-state index contributed by atoms with van der Waals surface area (Å²) in [6, 6.07) is 0. The van der Waals surface area contributed by atoms with Gasteiger partial charge in [-0.15, -0.1) is 0 Å². The van der Waals surface area contributed by atoms with Gasteiger partial charge in [-0.3, -0.25) is 14.3 Å². The van der Waals surface area contributed by atoms with Crippen molar-refractivity contribution >= 4 is 17.5 Å². The monoisotopic (exact) mass is 336 g/mol. The van der Waals surface area contributed by atoms with E-state index in [4.69, 9.17) is 4.74 Å². The van der Waals surface area contributed by atoms with Crippen molar-refractivity contribution in [2.45, 2.75) is 58.6 Å². The number of likely N-dealkylation sites (tertiary alicyclic amines) is 1. The molecule has 24 heavy (non-hydrogen) atoms. The molecule has 1 N–H and O–H groups in total. The highest BCUT2D eigenvalue weighted by molar-refractivity contribution is 5.91. The van der Waals surface area contributed by atoms with Gasteiger partial charge in [0.2, 0.25) is 11.8 Å². The van der Waals surface area contributed by atoms with Crippen molar-refractivity contribution in [2.75, 3.05) is 25.5 Å². The zero-order chi connectivity index (χ0) is 17.7. The average Bonchev–Trinajstić information content (AvgIpc) is 2.93. The molecule has 2 rings (SSSR count). The molecule has 1 fully saturated rings. The molecule has 1 aromatic heterocycles. The Kier molecular flexibility index (Phi) is 5.99. The maximum absolute atomic E-state index is 12.3. The summed E-state index contributed by atoms with van der Waals surface area (Å²) in [5.74, 6) is 0.00769. The van der Waals surface area contributed by atoms with Crippen molar-refractivity contribution in [1.29, 1.82) is 0 Å². The van der Waals surface area contributed by atoms with E-state index in [1.165, 1.54) is 0 Å². The van der Waals surface area contributed by atoms with E-state index in [1.807, 2.05) is 18.5 Å². The Balaban J connectivity index is 1.93. The van der Waals surface area contributed by atoms with Crippen LogP contribution < -0.4 is 5.32 Å². The predicted molar refractivity (Wildman–Crippen MR) is 91.7 cm³/mol. The van der Waals surface area contributed by atoms with Crippen molar-refractivity contribution < 1.29 is 14.3 Å². The molecule has 0 bridgehead atoms. The van der Waals surface area contributed by atoms with Crippen molar-refractivity contribution in [3.8, 4) is 0 Å². The van der Waals surface area contributed by atoms with Gasteiger partial charge in [-0.05, 0) is 33.1 Å². The predicted octanol–water partition coefficient (Wildman–Crippen LogP) is 1.96. The van der Waals surface area contributed by atoms with Gasteiger partial charge in [0.25, 0.3) is 0 Å². The van der Waals surface area contributed by atoms with Gasteiger partial charge in [0.15, 0.2) is 0 Å². The van der Waals surface area contributed by atoms with Gasteiger partial charge in [0.05, 0.1) is 23.2 Å². The molecule has 0 radical (unpaired) electrons. The fourth-order valence-electron chi connectivity index (χ4n) is 3.28. The van der Waals surface area contributed by atoms with Crippen LogP contribution in [0.4, 0.5) is 5.69 Å². The first-order valence-electron chi connectivity index (χ1n) is 8.53. The lowest BCUT2D eigenvalue weighted by Crippen LogP contribution is -2.51. The Bertz CT molecular complexity index is 599. The molecular formula is C17H28N4O3. The molecule has 134 valence electrons. The van der Waals surface area contributed by atoms with Crippen LogP contribution in [-0.2, 0) is 20.9 Å². The van der Waals surface area contributed by atoms with Crippen LogP contribution in [0.1, 0.15) is 45.2 Å². The first-order valence-corrected chi connectivity index (χ1v) is 8.53. The zero-order valence-corrected chi connectivity index (χ0v) is 15.1. The third kappa shape index (κ3) is 4.14. The molecule has 1 aliphatic rings. The van der Waals surface area contributed by atoms with Crippen molar-refractivity contribution in [1.82, 2.24) is 14.7 Å². The molecule has 0 aliphatic carbocycles. The number of carbonyl (C=O) groups excluding carboxylic acids is 2. The number of anilines is 1. The molecule has 1 aromatic rings. The number of piperidine rings is 1. The summed E-state index contributed by atoms with van der Waals surface area (Å²) in [4.78, 5) is 25.7. The summed E-state index contributed by atoms with van der Waals surface area (Å²) >= 11 is 0. The second-order valence-electron chi connectivity index (χ2n) is 6.44. The number of rotatable bonds is 6. The molecule has 7 heteroatoms. The van der Waals surface area contributed by atoms with E-state index >= 15 is 0 Å². The summed E-state index contributed by atoms with van der Waals surface area (Å²) in [5, 5.41) is 7.15. The van der Waals surface area contributed by atoms with E-state index in [1.54, 1.807) is 25.1 Å². The minimum Gasteiger partial charge on any atom is -0.376 e. The molecule has 0 unspecified atom stereocenters. The minimum absolute atomic E-state index is 0.0508. The SMILES string of the molecule is CCn1ncc(NC(=O)CC[C@]2(OC)CCCN(C(C)=O)C2)c1C. The highest BCUT2D eigenvalue weighted by Crippen LogP contribution is 2.29. The van der Waals surface area contributed by atoms with Crippen molar-refractivity contribution in [3.63, 3.8) is 0 Å². The number of aromatic nitrogens is 2. The van der Waals surface area contributed by atoms with E-state index < -0.39 is 5.60 Å². The Labute approximate surface area is 143 Å². The third-order valence-corrected chi connectivity index (χ3v) is 4.90. The molecular weight excluding hydrogens is 308 g/mol. The second-order valence-corrected chi connectivity index (χ2v) is 6.44. The number of nitrogens with one attached hydrogen (secondary N) is 1. The van der Waals surface area contributed by atoms with Gasteiger partial charge in [0, 0.05) is 40.1 Å². The third-order valence-electron chi connectivity index (χ3n) is 4.90. The molecule has 1 aliphatic heterocycles. The summed E-state index contributed by atoms with van der Waals surface area (Å²) in [5.41, 5.74) is 1.28. The molecule has 0 spiro atoms. The van der Waals surface area contributed by atoms with Gasteiger partial charge in [0.1, 0.15) is 0 Å². The molecule has 2 heterocycles. The van der Waals surface area contributed by atoms with Crippen LogP contribution in [0, 0.1) is 6.92 Å². The topological polar surface area (TPSA) is 76.5 Å². The van der Waals surface area contributed by atoms with Crippen LogP contribution in [0.3, 0.4) is 0 Å². The molecule has 0 aromatic carbocycles. The lowest BCUT2D eigenvalue weighted by Gasteiger charge is -2.41. The summed E-state index contributed by atoms with van der Waals surface area (Å²) in [7, 11) is 1.66. The van der Waals surface area contributed by atoms with Gasteiger partial charge in [-0.25, -0.2) is 0 Å². The highest BCUT2D eigenvalue weighted by atomic mass is 16.5. The summed E-state index contributed by atoms with van der Waals surface area (Å²) < 4.78 is 7.56. The van der Waals surface area contributed by atoms with E-state index in [-0.39, 0.29) is 11.8 Å². The summed E-state index contributed by atoms with van der Waals surface area (Å²) in [6.07, 6.45) is 4.40. The molecule has 7 nitrogen and oxygen atoms in total. The van der Waals surface area contributed by atoms with E-state index in [0.29, 0.717) is 19.4 Å². The number of aryl methyl sites for hydroxylation is 1. The molecule has 1 atom stereocenters. The van der Waals surface area contributed by atoms with E-state index in [2.05, 4.69) is 10.4 Å². The highest BCUT2D eigenvalue weighted by Gasteiger charge is 2.36. The second kappa shape index (κ2) is 7.79. The fraction of sp³-hybridized carbons (Fsp3) is 0.706. The Morgan fingerprint density at radius 1 is 1.46 bits per heavy atom. The Morgan fingerprint density at radius 3 is 2.79 bits per heavy atom. The largest absolute Gasteiger partial charge is 0.376 e. The van der Waals surface area contributed by atoms with Crippen molar-refractivity contribution in [3.05, 3.63) is 11.9 Å². The van der Waals surface area contributed by atoms with Crippen LogP contribution in [0.2, 0.25) is 0 Å². The standard InChI is InChI=1S/C17H28N4O3/c1-5-21-13(2)15(11-18-21)19-16(23)7-9-17(24-4)8-6-10-20(12-17)14(3)22/h11H,5-10,12H2,1-4H3,(H,19,23)/t17-/m1/s1. The Morgan fingerprint density at radius 2 is 2.21 bits per heavy atom. The number of carbonyl (C=O) groups is 2. The summed E-state index contributed by atoms with van der Waals surface area (Å²) in [6.45, 7) is 7.62. The lowest BCUT2D eigenvalue weighted by atomic mass is 9.87. The van der Waals surface area contributed by atoms with Gasteiger partial charge < -0.3 is 15.0 Å². The number of methoxy groups -OCH3 is 1. The maximum atomic E-state index is 12.3. The Hall–Kier alpha value is -1.89. The average molecular weight is 336 g/mol. The van der Waals surface area contributed by atoms with Crippen LogP contribution in [0.15, 0.2) is 6.20 Å². The fourth-order valence-corrected chi connectivity index (χ4v) is 3.28. The normalized spacial score (nSPS) is 20.9. The zero-order valence-electron chi connectivity index (χ0n) is 15.1. The van der Waals surface area contributed by atoms with Crippen LogP contribution in [0.5, 0.6) is 0 Å². The lowest BCUT2D eigenvalue weighted by molar-refractivity contribution is -0.139. The van der Waals surface area contributed by atoms with Crippen LogP contribution in [0.25, 0.3) is 0 Å². The first kappa shape index (κ1) is 18.4. The maximum Gasteiger partial charge on any atom is 0.224 e. The van der Waals surface area contributed by atoms with E-state index in [0.717, 1.165) is 37.3 Å². The van der Waals surface area contributed by atoms with Gasteiger partial charge in [-0.2, -0.15) is 5.10 Å². The number of hydrogen-bond donors (Lipinski definition) is 1. The molecule has 0 saturated carbocycles. The van der Waals surface area contributed by atoms with Crippen LogP contribution in [-0.4, -0.2) is 52.3 Å². The van der Waals surface area contributed by atoms with Crippen molar-refractivity contribution in [2.24, 2.45) is 0 Å². The quantitative estimate of drug-likeness (QED) is 0.861. The smallest absolute Gasteiger partial charge is 0.224 e.